The summed E-state index contributed by atoms with van der Waals surface area (Å²) in [7, 11) is 1.46. The van der Waals surface area contributed by atoms with Gasteiger partial charge in [-0.3, -0.25) is 4.79 Å². The average Bonchev–Trinajstić information content (AvgIpc) is 3.15. The molecule has 0 spiro atoms. The van der Waals surface area contributed by atoms with Gasteiger partial charge in [0.15, 0.2) is 0 Å². The molecule has 0 heterocycles. The minimum atomic E-state index is -0.230. The molecular weight excluding hydrogens is 294 g/mol. The molecule has 0 amide bonds. The maximum atomic E-state index is 11.5. The highest BCUT2D eigenvalue weighted by Crippen LogP contribution is 2.45. The lowest BCUT2D eigenvalue weighted by Crippen LogP contribution is -2.32. The lowest BCUT2D eigenvalue weighted by Gasteiger charge is -2.13. The second-order valence-electron chi connectivity index (χ2n) is 4.83. The lowest BCUT2D eigenvalue weighted by molar-refractivity contribution is -0.146. The highest BCUT2D eigenvalue weighted by Gasteiger charge is 2.50. The number of hydrogen-bond acceptors (Lipinski definition) is 3. The molecule has 18 heavy (non-hydrogen) atoms. The van der Waals surface area contributed by atoms with E-state index in [-0.39, 0.29) is 11.4 Å². The van der Waals surface area contributed by atoms with Crippen LogP contribution in [0.15, 0.2) is 28.7 Å². The quantitative estimate of drug-likeness (QED) is 0.648. The van der Waals surface area contributed by atoms with Crippen LogP contribution in [0.1, 0.15) is 18.4 Å². The molecule has 2 rings (SSSR count). The van der Waals surface area contributed by atoms with Gasteiger partial charge in [-0.1, -0.05) is 28.1 Å². The van der Waals surface area contributed by atoms with Crippen LogP contribution in [0.4, 0.5) is 0 Å². The van der Waals surface area contributed by atoms with Gasteiger partial charge in [0.1, 0.15) is 0 Å². The lowest BCUT2D eigenvalue weighted by atomic mass is 10.1. The molecule has 1 N–H and O–H groups in total. The van der Waals surface area contributed by atoms with Crippen molar-refractivity contribution in [1.29, 1.82) is 0 Å². The first-order chi connectivity index (χ1) is 8.66. The second kappa shape index (κ2) is 5.85. The Hall–Kier alpha value is -0.870. The van der Waals surface area contributed by atoms with Crippen LogP contribution in [0.5, 0.6) is 0 Å². The molecular formula is C14H18BrNO2. The average molecular weight is 312 g/mol. The van der Waals surface area contributed by atoms with E-state index in [9.17, 15) is 4.79 Å². The largest absolute Gasteiger partial charge is 0.469 e. The predicted octanol–water partition coefficient (Wildman–Crippen LogP) is 2.53. The summed E-state index contributed by atoms with van der Waals surface area (Å²) in [5, 5.41) is 3.36. The number of halogens is 1. The van der Waals surface area contributed by atoms with Crippen molar-refractivity contribution in [1.82, 2.24) is 5.32 Å². The number of methoxy groups -OCH3 is 1. The normalized spacial score (nSPS) is 16.3. The van der Waals surface area contributed by atoms with Crippen LogP contribution in [0, 0.1) is 5.41 Å². The Morgan fingerprint density at radius 3 is 2.89 bits per heavy atom. The van der Waals surface area contributed by atoms with Gasteiger partial charge in [0.25, 0.3) is 0 Å². The summed E-state index contributed by atoms with van der Waals surface area (Å²) in [6, 6.07) is 8.29. The maximum Gasteiger partial charge on any atom is 0.313 e. The smallest absolute Gasteiger partial charge is 0.313 e. The molecule has 1 aromatic rings. The number of esters is 1. The standard InChI is InChI=1S/C14H18BrNO2/c1-18-13(17)14(6-7-14)10-16-8-5-11-3-2-4-12(15)9-11/h2-4,9,16H,5-8,10H2,1H3. The van der Waals surface area contributed by atoms with Gasteiger partial charge < -0.3 is 10.1 Å². The van der Waals surface area contributed by atoms with Crippen molar-refractivity contribution in [2.45, 2.75) is 19.3 Å². The molecule has 0 saturated heterocycles. The van der Waals surface area contributed by atoms with Crippen molar-refractivity contribution in [3.05, 3.63) is 34.3 Å². The summed E-state index contributed by atoms with van der Waals surface area (Å²) >= 11 is 3.46. The zero-order chi connectivity index (χ0) is 13.0. The Kier molecular flexibility index (Phi) is 4.40. The summed E-state index contributed by atoms with van der Waals surface area (Å²) in [5.74, 6) is -0.0718. The van der Waals surface area contributed by atoms with Crippen molar-refractivity contribution in [2.75, 3.05) is 20.2 Å². The zero-order valence-electron chi connectivity index (χ0n) is 10.5. The number of ether oxygens (including phenoxy) is 1. The van der Waals surface area contributed by atoms with Crippen molar-refractivity contribution < 1.29 is 9.53 Å². The predicted molar refractivity (Wildman–Crippen MR) is 74.4 cm³/mol. The molecule has 0 atom stereocenters. The number of nitrogens with one attached hydrogen (secondary N) is 1. The Balaban J connectivity index is 1.72. The molecule has 0 bridgehead atoms. The van der Waals surface area contributed by atoms with Crippen LogP contribution in [-0.4, -0.2) is 26.2 Å². The van der Waals surface area contributed by atoms with Crippen LogP contribution < -0.4 is 5.32 Å². The third-order valence-electron chi connectivity index (χ3n) is 3.41. The SMILES string of the molecule is COC(=O)C1(CNCCc2cccc(Br)c2)CC1. The van der Waals surface area contributed by atoms with Crippen LogP contribution >= 0.6 is 15.9 Å². The van der Waals surface area contributed by atoms with E-state index in [0.717, 1.165) is 36.8 Å². The van der Waals surface area contributed by atoms with E-state index in [0.29, 0.717) is 0 Å². The minimum Gasteiger partial charge on any atom is -0.469 e. The zero-order valence-corrected chi connectivity index (χ0v) is 12.1. The minimum absolute atomic E-state index is 0.0718. The van der Waals surface area contributed by atoms with Crippen molar-refractivity contribution in [3.8, 4) is 0 Å². The molecule has 4 heteroatoms. The van der Waals surface area contributed by atoms with Gasteiger partial charge in [-0.15, -0.1) is 0 Å². The van der Waals surface area contributed by atoms with Crippen molar-refractivity contribution in [3.63, 3.8) is 0 Å². The van der Waals surface area contributed by atoms with E-state index in [1.165, 1.54) is 12.7 Å². The third kappa shape index (κ3) is 3.33. The topological polar surface area (TPSA) is 38.3 Å². The number of hydrogen-bond donors (Lipinski definition) is 1. The molecule has 1 aliphatic carbocycles. The summed E-state index contributed by atoms with van der Waals surface area (Å²) in [6.45, 7) is 1.61. The van der Waals surface area contributed by atoms with Gasteiger partial charge in [-0.2, -0.15) is 0 Å². The van der Waals surface area contributed by atoms with E-state index in [4.69, 9.17) is 4.74 Å². The summed E-state index contributed by atoms with van der Waals surface area (Å²) in [6.07, 6.45) is 2.86. The molecule has 0 unspecified atom stereocenters. The van der Waals surface area contributed by atoms with Gasteiger partial charge in [0, 0.05) is 11.0 Å². The van der Waals surface area contributed by atoms with E-state index >= 15 is 0 Å². The first-order valence-corrected chi connectivity index (χ1v) is 6.99. The van der Waals surface area contributed by atoms with Crippen molar-refractivity contribution in [2.24, 2.45) is 5.41 Å². The Morgan fingerprint density at radius 1 is 1.50 bits per heavy atom. The van der Waals surface area contributed by atoms with Crippen LogP contribution in [0.2, 0.25) is 0 Å². The van der Waals surface area contributed by atoms with Crippen molar-refractivity contribution >= 4 is 21.9 Å². The van der Waals surface area contributed by atoms with E-state index in [2.05, 4.69) is 33.4 Å². The van der Waals surface area contributed by atoms with Gasteiger partial charge in [0.05, 0.1) is 12.5 Å². The molecule has 1 saturated carbocycles. The Labute approximate surface area is 116 Å². The number of carbonyl (C=O) groups is 1. The van der Waals surface area contributed by atoms with Gasteiger partial charge in [-0.05, 0) is 43.5 Å². The van der Waals surface area contributed by atoms with Crippen LogP contribution in [0.3, 0.4) is 0 Å². The number of rotatable bonds is 6. The second-order valence-corrected chi connectivity index (χ2v) is 5.74. The number of benzene rings is 1. The van der Waals surface area contributed by atoms with E-state index in [1.54, 1.807) is 0 Å². The fourth-order valence-electron chi connectivity index (χ4n) is 2.07. The molecule has 3 nitrogen and oxygen atoms in total. The van der Waals surface area contributed by atoms with Crippen LogP contribution in [0.25, 0.3) is 0 Å². The number of carbonyl (C=O) groups excluding carboxylic acids is 1. The summed E-state index contributed by atoms with van der Waals surface area (Å²) in [5.41, 5.74) is 1.06. The first kappa shape index (κ1) is 13.6. The Morgan fingerprint density at radius 2 is 2.28 bits per heavy atom. The van der Waals surface area contributed by atoms with Gasteiger partial charge in [-0.25, -0.2) is 0 Å². The maximum absolute atomic E-state index is 11.5. The monoisotopic (exact) mass is 311 g/mol. The molecule has 0 radical (unpaired) electrons. The first-order valence-electron chi connectivity index (χ1n) is 6.20. The highest BCUT2D eigenvalue weighted by molar-refractivity contribution is 9.10. The molecule has 1 aliphatic rings. The fraction of sp³-hybridized carbons (Fsp3) is 0.500. The highest BCUT2D eigenvalue weighted by atomic mass is 79.9. The van der Waals surface area contributed by atoms with Gasteiger partial charge in [0.2, 0.25) is 0 Å². The molecule has 98 valence electrons. The van der Waals surface area contributed by atoms with Crippen LogP contribution in [-0.2, 0) is 16.0 Å². The fourth-order valence-corrected chi connectivity index (χ4v) is 2.52. The van der Waals surface area contributed by atoms with E-state index in [1.807, 2.05) is 12.1 Å². The molecule has 0 aliphatic heterocycles. The van der Waals surface area contributed by atoms with Gasteiger partial charge >= 0.3 is 5.97 Å². The molecule has 1 fully saturated rings. The summed E-state index contributed by atoms with van der Waals surface area (Å²) < 4.78 is 5.93. The third-order valence-corrected chi connectivity index (χ3v) is 3.91. The molecule has 0 aromatic heterocycles. The summed E-state index contributed by atoms with van der Waals surface area (Å²) in [4.78, 5) is 11.5. The molecule has 1 aromatic carbocycles. The van der Waals surface area contributed by atoms with E-state index < -0.39 is 0 Å². The Bertz CT molecular complexity index is 430.